The maximum Gasteiger partial charge on any atom is 0.255 e. The Bertz CT molecular complexity index is 801. The number of rotatable bonds is 6. The number of nitrogens with zero attached hydrogens (tertiary/aromatic N) is 2. The van der Waals surface area contributed by atoms with Crippen LogP contribution in [0.5, 0.6) is 0 Å². The summed E-state index contributed by atoms with van der Waals surface area (Å²) in [5.41, 5.74) is 2.79. The summed E-state index contributed by atoms with van der Waals surface area (Å²) in [4.78, 5) is 41.0. The highest BCUT2D eigenvalue weighted by Crippen LogP contribution is 2.31. The van der Waals surface area contributed by atoms with E-state index in [0.717, 1.165) is 55.3 Å². The fraction of sp³-hybridized carbons (Fsp3) is 0.591. The lowest BCUT2D eigenvalue weighted by molar-refractivity contribution is -0.136. The number of carbonyl (C=O) groups is 3. The van der Waals surface area contributed by atoms with E-state index < -0.39 is 6.04 Å². The zero-order valence-corrected chi connectivity index (χ0v) is 17.1. The van der Waals surface area contributed by atoms with E-state index in [-0.39, 0.29) is 24.1 Å². The molecule has 3 heterocycles. The van der Waals surface area contributed by atoms with Crippen molar-refractivity contribution in [2.24, 2.45) is 5.92 Å². The van der Waals surface area contributed by atoms with Gasteiger partial charge in [0.15, 0.2) is 0 Å². The van der Waals surface area contributed by atoms with Crippen molar-refractivity contribution in [3.05, 3.63) is 34.9 Å². The highest BCUT2D eigenvalue weighted by molar-refractivity contribution is 6.05. The largest absolute Gasteiger partial charge is 0.322 e. The van der Waals surface area contributed by atoms with Crippen LogP contribution in [0.3, 0.4) is 0 Å². The molecule has 29 heavy (non-hydrogen) atoms. The molecule has 156 valence electrons. The Morgan fingerprint density at radius 3 is 2.66 bits per heavy atom. The van der Waals surface area contributed by atoms with Crippen LogP contribution in [-0.4, -0.2) is 59.7 Å². The molecule has 2 fully saturated rings. The van der Waals surface area contributed by atoms with Gasteiger partial charge in [-0.2, -0.15) is 0 Å². The van der Waals surface area contributed by atoms with Gasteiger partial charge in [0, 0.05) is 25.1 Å². The molecule has 1 aromatic rings. The number of hydrogen-bond acceptors (Lipinski definition) is 5. The van der Waals surface area contributed by atoms with Gasteiger partial charge in [0.1, 0.15) is 6.04 Å². The second-order valence-electron chi connectivity index (χ2n) is 8.38. The Morgan fingerprint density at radius 2 is 1.93 bits per heavy atom. The lowest BCUT2D eigenvalue weighted by Gasteiger charge is -2.32. The van der Waals surface area contributed by atoms with Gasteiger partial charge >= 0.3 is 0 Å². The van der Waals surface area contributed by atoms with Gasteiger partial charge in [-0.25, -0.2) is 0 Å². The Kier molecular flexibility index (Phi) is 5.96. The minimum absolute atomic E-state index is 0.0767. The number of carbonyl (C=O) groups excluding carboxylic acids is 3. The Hall–Kier alpha value is -2.25. The van der Waals surface area contributed by atoms with E-state index in [0.29, 0.717) is 13.0 Å². The van der Waals surface area contributed by atoms with Crippen LogP contribution >= 0.6 is 0 Å². The van der Waals surface area contributed by atoms with E-state index in [1.807, 2.05) is 18.2 Å². The van der Waals surface area contributed by atoms with Crippen molar-refractivity contribution in [2.45, 2.75) is 51.7 Å². The molecule has 3 amide bonds. The molecule has 1 aromatic carbocycles. The SMILES string of the molecule is CCNCC1CCN(Cc2cccc3c2C(=O)N(C2CCC(=O)NC2=O)C3)CC1. The number of likely N-dealkylation sites (tertiary alicyclic amines) is 1. The molecule has 0 spiro atoms. The zero-order valence-electron chi connectivity index (χ0n) is 17.1. The predicted octanol–water partition coefficient (Wildman–Crippen LogP) is 1.27. The van der Waals surface area contributed by atoms with E-state index >= 15 is 0 Å². The molecule has 0 saturated carbocycles. The average Bonchev–Trinajstić information content (AvgIpc) is 3.05. The fourth-order valence-corrected chi connectivity index (χ4v) is 4.76. The Labute approximate surface area is 171 Å². The number of amides is 3. The Balaban J connectivity index is 1.43. The minimum atomic E-state index is -0.553. The molecule has 7 heteroatoms. The summed E-state index contributed by atoms with van der Waals surface area (Å²) in [5.74, 6) is 0.0461. The predicted molar refractivity (Wildman–Crippen MR) is 109 cm³/mol. The van der Waals surface area contributed by atoms with Gasteiger partial charge < -0.3 is 10.2 Å². The van der Waals surface area contributed by atoms with Crippen LogP contribution in [0.1, 0.15) is 54.1 Å². The smallest absolute Gasteiger partial charge is 0.255 e. The summed E-state index contributed by atoms with van der Waals surface area (Å²) in [5, 5.41) is 5.81. The Morgan fingerprint density at radius 1 is 1.14 bits per heavy atom. The van der Waals surface area contributed by atoms with E-state index in [1.54, 1.807) is 4.90 Å². The molecule has 3 aliphatic rings. The van der Waals surface area contributed by atoms with Crippen molar-refractivity contribution in [1.29, 1.82) is 0 Å². The third-order valence-electron chi connectivity index (χ3n) is 6.42. The van der Waals surface area contributed by atoms with Gasteiger partial charge in [-0.1, -0.05) is 25.1 Å². The van der Waals surface area contributed by atoms with Gasteiger partial charge in [-0.05, 0) is 62.5 Å². The second-order valence-corrected chi connectivity index (χ2v) is 8.38. The topological polar surface area (TPSA) is 81.8 Å². The van der Waals surface area contributed by atoms with Gasteiger partial charge in [0.05, 0.1) is 0 Å². The van der Waals surface area contributed by atoms with Gasteiger partial charge in [0.2, 0.25) is 11.8 Å². The normalized spacial score (nSPS) is 23.4. The lowest BCUT2D eigenvalue weighted by atomic mass is 9.95. The van der Waals surface area contributed by atoms with Crippen molar-refractivity contribution < 1.29 is 14.4 Å². The van der Waals surface area contributed by atoms with Gasteiger partial charge in [0.25, 0.3) is 5.91 Å². The highest BCUT2D eigenvalue weighted by atomic mass is 16.2. The zero-order chi connectivity index (χ0) is 20.4. The summed E-state index contributed by atoms with van der Waals surface area (Å²) < 4.78 is 0. The van der Waals surface area contributed by atoms with Crippen LogP contribution < -0.4 is 10.6 Å². The number of fused-ring (bicyclic) bond motifs is 1. The molecule has 1 atom stereocenters. The third kappa shape index (κ3) is 4.21. The van der Waals surface area contributed by atoms with Gasteiger partial charge in [-0.15, -0.1) is 0 Å². The van der Waals surface area contributed by atoms with Crippen molar-refractivity contribution >= 4 is 17.7 Å². The van der Waals surface area contributed by atoms with Crippen LogP contribution in [-0.2, 0) is 22.7 Å². The molecule has 2 saturated heterocycles. The number of hydrogen-bond donors (Lipinski definition) is 2. The summed E-state index contributed by atoms with van der Waals surface area (Å²) in [7, 11) is 0. The minimum Gasteiger partial charge on any atom is -0.322 e. The van der Waals surface area contributed by atoms with Crippen LogP contribution in [0.15, 0.2) is 18.2 Å². The summed E-state index contributed by atoms with van der Waals surface area (Å²) in [6, 6.07) is 5.47. The lowest BCUT2D eigenvalue weighted by Crippen LogP contribution is -2.52. The first-order valence-corrected chi connectivity index (χ1v) is 10.7. The molecule has 2 N–H and O–H groups in total. The first kappa shape index (κ1) is 20.0. The highest BCUT2D eigenvalue weighted by Gasteiger charge is 2.40. The van der Waals surface area contributed by atoms with E-state index in [4.69, 9.17) is 0 Å². The molecule has 0 bridgehead atoms. The number of imide groups is 1. The van der Waals surface area contributed by atoms with Crippen LogP contribution in [0.25, 0.3) is 0 Å². The quantitative estimate of drug-likeness (QED) is 0.706. The molecule has 0 aliphatic carbocycles. The molecule has 4 rings (SSSR count). The molecule has 0 aromatic heterocycles. The second kappa shape index (κ2) is 8.63. The van der Waals surface area contributed by atoms with Crippen LogP contribution in [0.2, 0.25) is 0 Å². The van der Waals surface area contributed by atoms with E-state index in [1.165, 1.54) is 12.8 Å². The molecule has 1 unspecified atom stereocenters. The van der Waals surface area contributed by atoms with Crippen LogP contribution in [0, 0.1) is 5.92 Å². The maximum absolute atomic E-state index is 13.2. The van der Waals surface area contributed by atoms with Crippen molar-refractivity contribution in [2.75, 3.05) is 26.2 Å². The molecule has 0 radical (unpaired) electrons. The molecule has 3 aliphatic heterocycles. The first-order chi connectivity index (χ1) is 14.1. The number of nitrogens with one attached hydrogen (secondary N) is 2. The van der Waals surface area contributed by atoms with E-state index in [2.05, 4.69) is 22.5 Å². The summed E-state index contributed by atoms with van der Waals surface area (Å²) in [6.07, 6.45) is 3.04. The van der Waals surface area contributed by atoms with Crippen molar-refractivity contribution in [1.82, 2.24) is 20.4 Å². The van der Waals surface area contributed by atoms with Crippen molar-refractivity contribution in [3.8, 4) is 0 Å². The average molecular weight is 399 g/mol. The molecular formula is C22H30N4O3. The third-order valence-corrected chi connectivity index (χ3v) is 6.42. The fourth-order valence-electron chi connectivity index (χ4n) is 4.76. The van der Waals surface area contributed by atoms with Gasteiger partial charge in [-0.3, -0.25) is 24.6 Å². The maximum atomic E-state index is 13.2. The first-order valence-electron chi connectivity index (χ1n) is 10.7. The summed E-state index contributed by atoms with van der Waals surface area (Å²) in [6.45, 7) is 7.55. The standard InChI is InChI=1S/C22H30N4O3/c1-2-23-12-15-8-10-25(11-9-15)13-16-4-3-5-17-14-26(22(29)20(16)17)18-6-7-19(27)24-21(18)28/h3-5,15,18,23H,2,6-14H2,1H3,(H,24,27,28). The number of benzene rings is 1. The molecule has 7 nitrogen and oxygen atoms in total. The van der Waals surface area contributed by atoms with E-state index in [9.17, 15) is 14.4 Å². The monoisotopic (exact) mass is 398 g/mol. The number of piperidine rings is 2. The summed E-state index contributed by atoms with van der Waals surface area (Å²) >= 11 is 0. The molecular weight excluding hydrogens is 368 g/mol. The van der Waals surface area contributed by atoms with Crippen LogP contribution in [0.4, 0.5) is 0 Å². The van der Waals surface area contributed by atoms with Crippen molar-refractivity contribution in [3.63, 3.8) is 0 Å².